The molecule has 0 radical (unpaired) electrons. The summed E-state index contributed by atoms with van der Waals surface area (Å²) >= 11 is 0. The van der Waals surface area contributed by atoms with Gasteiger partial charge in [-0.3, -0.25) is 19.6 Å². The first-order valence-electron chi connectivity index (χ1n) is 8.42. The van der Waals surface area contributed by atoms with Gasteiger partial charge in [-0.25, -0.2) is 0 Å². The normalized spacial score (nSPS) is 11.1. The first-order chi connectivity index (χ1) is 13.2. The van der Waals surface area contributed by atoms with E-state index in [1.807, 2.05) is 30.3 Å². The molecule has 0 fully saturated rings. The predicted molar refractivity (Wildman–Crippen MR) is 105 cm³/mol. The Balaban J connectivity index is 1.92. The van der Waals surface area contributed by atoms with E-state index < -0.39 is 5.56 Å². The van der Waals surface area contributed by atoms with Gasteiger partial charge in [0.2, 0.25) is 0 Å². The van der Waals surface area contributed by atoms with E-state index >= 15 is 0 Å². The Morgan fingerprint density at radius 3 is 2.44 bits per heavy atom. The minimum absolute atomic E-state index is 0.116. The van der Waals surface area contributed by atoms with E-state index in [0.717, 1.165) is 16.5 Å². The molecule has 130 valence electrons. The van der Waals surface area contributed by atoms with E-state index in [1.165, 1.54) is 6.08 Å². The van der Waals surface area contributed by atoms with Crippen molar-refractivity contribution in [2.75, 3.05) is 0 Å². The van der Waals surface area contributed by atoms with E-state index in [0.29, 0.717) is 11.1 Å². The number of aromatic amines is 1. The summed E-state index contributed by atoms with van der Waals surface area (Å²) in [6.07, 6.45) is 9.62. The van der Waals surface area contributed by atoms with Crippen LogP contribution in [-0.4, -0.2) is 20.7 Å². The first-order valence-corrected chi connectivity index (χ1v) is 8.42. The van der Waals surface area contributed by atoms with Crippen LogP contribution in [0.3, 0.4) is 0 Å². The third-order valence-corrected chi connectivity index (χ3v) is 4.26. The quantitative estimate of drug-likeness (QED) is 0.446. The Morgan fingerprint density at radius 1 is 0.926 bits per heavy atom. The molecule has 5 nitrogen and oxygen atoms in total. The Hall–Kier alpha value is -3.86. The van der Waals surface area contributed by atoms with E-state index in [2.05, 4.69) is 15.0 Å². The zero-order valence-electron chi connectivity index (χ0n) is 14.3. The van der Waals surface area contributed by atoms with Crippen molar-refractivity contribution in [1.82, 2.24) is 15.0 Å². The zero-order valence-corrected chi connectivity index (χ0v) is 14.3. The Kier molecular flexibility index (Phi) is 4.41. The molecule has 0 saturated carbocycles. The van der Waals surface area contributed by atoms with E-state index in [4.69, 9.17) is 0 Å². The number of carbonyl (C=O) groups is 1. The van der Waals surface area contributed by atoms with Crippen molar-refractivity contribution in [3.63, 3.8) is 0 Å². The molecule has 3 aromatic heterocycles. The molecule has 4 rings (SSSR count). The molecule has 0 bridgehead atoms. The monoisotopic (exact) mass is 353 g/mol. The number of rotatable bonds is 4. The summed E-state index contributed by atoms with van der Waals surface area (Å²) in [5.74, 6) is -0.356. The maximum atomic E-state index is 12.9. The van der Waals surface area contributed by atoms with Gasteiger partial charge in [0.05, 0.1) is 17.3 Å². The largest absolute Gasteiger partial charge is 0.320 e. The second-order valence-corrected chi connectivity index (χ2v) is 5.97. The highest BCUT2D eigenvalue weighted by molar-refractivity contribution is 6.14. The summed E-state index contributed by atoms with van der Waals surface area (Å²) in [6.45, 7) is 0. The molecular weight excluding hydrogens is 338 g/mol. The molecule has 0 atom stereocenters. The minimum atomic E-state index is -0.432. The molecule has 3 heterocycles. The lowest BCUT2D eigenvalue weighted by Crippen LogP contribution is -2.18. The summed E-state index contributed by atoms with van der Waals surface area (Å²) < 4.78 is 0. The average molecular weight is 353 g/mol. The molecule has 5 heteroatoms. The summed E-state index contributed by atoms with van der Waals surface area (Å²) in [7, 11) is 0. The molecule has 0 aliphatic carbocycles. The zero-order chi connectivity index (χ0) is 18.6. The molecule has 0 aliphatic rings. The summed E-state index contributed by atoms with van der Waals surface area (Å²) in [5, 5.41) is 0.775. The predicted octanol–water partition coefficient (Wildman–Crippen LogP) is 3.88. The van der Waals surface area contributed by atoms with Crippen molar-refractivity contribution >= 4 is 22.8 Å². The molecule has 1 aromatic carbocycles. The lowest BCUT2D eigenvalue weighted by atomic mass is 9.94. The fourth-order valence-corrected chi connectivity index (χ4v) is 3.01. The first kappa shape index (κ1) is 16.6. The molecule has 27 heavy (non-hydrogen) atoms. The van der Waals surface area contributed by atoms with Gasteiger partial charge in [0.15, 0.2) is 5.78 Å². The number of hydrogen-bond acceptors (Lipinski definition) is 4. The van der Waals surface area contributed by atoms with Crippen molar-refractivity contribution in [2.45, 2.75) is 0 Å². The summed E-state index contributed by atoms with van der Waals surface area (Å²) in [4.78, 5) is 36.5. The number of carbonyl (C=O) groups excluding carboxylic acids is 1. The number of aromatic nitrogens is 3. The van der Waals surface area contributed by atoms with Gasteiger partial charge in [-0.05, 0) is 35.4 Å². The fraction of sp³-hybridized carbons (Fsp3) is 0. The highest BCUT2D eigenvalue weighted by Crippen LogP contribution is 2.29. The second kappa shape index (κ2) is 7.17. The van der Waals surface area contributed by atoms with E-state index in [9.17, 15) is 9.59 Å². The maximum absolute atomic E-state index is 12.9. The topological polar surface area (TPSA) is 75.7 Å². The van der Waals surface area contributed by atoms with Gasteiger partial charge in [-0.1, -0.05) is 36.4 Å². The Bertz CT molecular complexity index is 1200. The molecule has 4 aromatic rings. The number of nitrogens with zero attached hydrogens (tertiary/aromatic N) is 2. The molecular formula is C22H15N3O2. The van der Waals surface area contributed by atoms with E-state index in [-0.39, 0.29) is 11.3 Å². The third kappa shape index (κ3) is 3.30. The number of fused-ring (bicyclic) bond motifs is 1. The highest BCUT2D eigenvalue weighted by Gasteiger charge is 2.19. The van der Waals surface area contributed by atoms with Crippen molar-refractivity contribution in [2.24, 2.45) is 0 Å². The van der Waals surface area contributed by atoms with Crippen LogP contribution >= 0.6 is 0 Å². The number of H-pyrrole nitrogens is 1. The number of pyridine rings is 3. The van der Waals surface area contributed by atoms with Crippen LogP contribution in [0.2, 0.25) is 0 Å². The lowest BCUT2D eigenvalue weighted by molar-refractivity contribution is 0.104. The van der Waals surface area contributed by atoms with Crippen LogP contribution in [0.1, 0.15) is 15.9 Å². The number of benzene rings is 1. The number of nitrogens with one attached hydrogen (secondary N) is 1. The fourth-order valence-electron chi connectivity index (χ4n) is 3.01. The van der Waals surface area contributed by atoms with Crippen molar-refractivity contribution in [3.8, 4) is 11.1 Å². The van der Waals surface area contributed by atoms with Gasteiger partial charge in [-0.2, -0.15) is 0 Å². The Morgan fingerprint density at radius 2 is 1.67 bits per heavy atom. The smallest absolute Gasteiger partial charge is 0.260 e. The number of allylic oxidation sites excluding steroid dienone is 1. The average Bonchev–Trinajstić information content (AvgIpc) is 2.72. The van der Waals surface area contributed by atoms with Crippen LogP contribution in [0, 0.1) is 0 Å². The summed E-state index contributed by atoms with van der Waals surface area (Å²) in [5.41, 5.74) is 2.53. The minimum Gasteiger partial charge on any atom is -0.320 e. The van der Waals surface area contributed by atoms with Crippen molar-refractivity contribution in [1.29, 1.82) is 0 Å². The molecule has 0 spiro atoms. The summed E-state index contributed by atoms with van der Waals surface area (Å²) in [6, 6.07) is 14.8. The SMILES string of the molecule is O=C(/C=C/c1ccncc1)c1c(-c2ccccc2)c2ccncc2[nH]c1=O. The van der Waals surface area contributed by atoms with Crippen LogP contribution < -0.4 is 5.56 Å². The van der Waals surface area contributed by atoms with Gasteiger partial charge in [0, 0.05) is 29.5 Å². The van der Waals surface area contributed by atoms with Crippen LogP contribution in [0.25, 0.3) is 28.1 Å². The molecule has 1 N–H and O–H groups in total. The maximum Gasteiger partial charge on any atom is 0.260 e. The van der Waals surface area contributed by atoms with E-state index in [1.54, 1.807) is 49.1 Å². The van der Waals surface area contributed by atoms with Gasteiger partial charge in [0.25, 0.3) is 5.56 Å². The molecule has 0 amide bonds. The van der Waals surface area contributed by atoms with Crippen LogP contribution in [0.4, 0.5) is 0 Å². The van der Waals surface area contributed by atoms with Crippen LogP contribution in [-0.2, 0) is 0 Å². The highest BCUT2D eigenvalue weighted by atomic mass is 16.1. The number of ketones is 1. The number of hydrogen-bond donors (Lipinski definition) is 1. The van der Waals surface area contributed by atoms with Crippen LogP contribution in [0.5, 0.6) is 0 Å². The molecule has 0 aliphatic heterocycles. The van der Waals surface area contributed by atoms with Crippen LogP contribution in [0.15, 0.2) is 84.2 Å². The van der Waals surface area contributed by atoms with Gasteiger partial charge < -0.3 is 4.98 Å². The van der Waals surface area contributed by atoms with Gasteiger partial charge in [-0.15, -0.1) is 0 Å². The standard InChI is InChI=1S/C22H15N3O2/c26-19(7-6-15-8-11-23-12-9-15)21-20(16-4-2-1-3-5-16)17-10-13-24-14-18(17)25-22(21)27/h1-14H,(H,25,27)/b7-6+. The third-order valence-electron chi connectivity index (χ3n) is 4.26. The van der Waals surface area contributed by atoms with Crippen molar-refractivity contribution in [3.05, 3.63) is 101 Å². The van der Waals surface area contributed by atoms with Crippen molar-refractivity contribution < 1.29 is 4.79 Å². The molecule has 0 unspecified atom stereocenters. The van der Waals surface area contributed by atoms with Gasteiger partial charge >= 0.3 is 0 Å². The molecule has 0 saturated heterocycles. The second-order valence-electron chi connectivity index (χ2n) is 5.97. The van der Waals surface area contributed by atoms with Gasteiger partial charge in [0.1, 0.15) is 0 Å². The Labute approximate surface area is 155 Å². The lowest BCUT2D eigenvalue weighted by Gasteiger charge is -2.11.